The molecule has 2 aliphatic heterocycles. The van der Waals surface area contributed by atoms with Gasteiger partial charge in [0.1, 0.15) is 11.9 Å². The van der Waals surface area contributed by atoms with Crippen LogP contribution in [-0.4, -0.2) is 50.8 Å². The van der Waals surface area contributed by atoms with Crippen LogP contribution in [0.2, 0.25) is 4.34 Å². The van der Waals surface area contributed by atoms with Gasteiger partial charge in [-0.3, -0.25) is 14.5 Å². The third-order valence-electron chi connectivity index (χ3n) is 4.50. The number of anilines is 2. The maximum Gasteiger partial charge on any atom is 0.414 e. The summed E-state index contributed by atoms with van der Waals surface area (Å²) in [5.41, 5.74) is 1.25. The molecule has 0 spiro atoms. The van der Waals surface area contributed by atoms with Gasteiger partial charge in [0.2, 0.25) is 0 Å². The summed E-state index contributed by atoms with van der Waals surface area (Å²) >= 11 is 7.02. The topological polar surface area (TPSA) is 88.2 Å². The Balaban J connectivity index is 1.41. The largest absolute Gasteiger partial charge is 0.481 e. The van der Waals surface area contributed by atoms with Crippen molar-refractivity contribution in [1.29, 1.82) is 0 Å². The molecule has 1 N–H and O–H groups in total. The van der Waals surface area contributed by atoms with Crippen LogP contribution in [0, 0.1) is 0 Å². The number of halogens is 1. The van der Waals surface area contributed by atoms with Gasteiger partial charge in [-0.25, -0.2) is 4.79 Å². The lowest BCUT2D eigenvalue weighted by Gasteiger charge is -2.27. The maximum atomic E-state index is 12.3. The summed E-state index contributed by atoms with van der Waals surface area (Å²) < 4.78 is 11.3. The van der Waals surface area contributed by atoms with Crippen molar-refractivity contribution in [3.8, 4) is 5.75 Å². The quantitative estimate of drug-likeness (QED) is 0.819. The molecule has 0 saturated carbocycles. The summed E-state index contributed by atoms with van der Waals surface area (Å²) in [6.45, 7) is 0.436. The molecule has 2 aliphatic rings. The number of hydrogen-bond acceptors (Lipinski definition) is 6. The fourth-order valence-corrected chi connectivity index (χ4v) is 3.96. The fourth-order valence-electron chi connectivity index (χ4n) is 3.00. The first-order chi connectivity index (χ1) is 13.4. The highest BCUT2D eigenvalue weighted by Gasteiger charge is 2.34. The molecule has 2 aromatic rings. The minimum atomic E-state index is -0.501. The number of likely N-dealkylation sites (N-methyl/N-ethyl adjacent to an activating group) is 1. The monoisotopic (exact) mass is 421 g/mol. The first-order valence-electron chi connectivity index (χ1n) is 8.47. The zero-order chi connectivity index (χ0) is 19.8. The summed E-state index contributed by atoms with van der Waals surface area (Å²) in [5.74, 6) is 0.128. The predicted octanol–water partition coefficient (Wildman–Crippen LogP) is 2.51. The third-order valence-corrected chi connectivity index (χ3v) is 5.73. The molecule has 0 aliphatic carbocycles. The second-order valence-electron chi connectivity index (χ2n) is 6.32. The van der Waals surface area contributed by atoms with Crippen LogP contribution in [0.5, 0.6) is 5.75 Å². The smallest absolute Gasteiger partial charge is 0.414 e. The fraction of sp³-hybridized carbons (Fsp3) is 0.278. The van der Waals surface area contributed by atoms with Crippen LogP contribution < -0.4 is 19.9 Å². The van der Waals surface area contributed by atoms with Gasteiger partial charge >= 0.3 is 6.09 Å². The van der Waals surface area contributed by atoms with Crippen LogP contribution in [-0.2, 0) is 9.53 Å². The second-order valence-corrected chi connectivity index (χ2v) is 8.04. The molecule has 1 atom stereocenters. The van der Waals surface area contributed by atoms with Crippen molar-refractivity contribution in [1.82, 2.24) is 5.32 Å². The highest BCUT2D eigenvalue weighted by molar-refractivity contribution is 7.18. The Morgan fingerprint density at radius 2 is 2.14 bits per heavy atom. The first kappa shape index (κ1) is 18.6. The zero-order valence-corrected chi connectivity index (χ0v) is 16.4. The molecule has 0 unspecified atom stereocenters. The van der Waals surface area contributed by atoms with Crippen molar-refractivity contribution < 1.29 is 23.9 Å². The third kappa shape index (κ3) is 3.50. The van der Waals surface area contributed by atoms with Crippen LogP contribution in [0.15, 0.2) is 30.3 Å². The molecule has 28 heavy (non-hydrogen) atoms. The summed E-state index contributed by atoms with van der Waals surface area (Å²) in [6, 6.07) is 8.46. The molecule has 8 nitrogen and oxygen atoms in total. The Labute approximate surface area is 169 Å². The van der Waals surface area contributed by atoms with Gasteiger partial charge in [-0.15, -0.1) is 11.3 Å². The average Bonchev–Trinajstić information content (AvgIpc) is 3.28. The highest BCUT2D eigenvalue weighted by Crippen LogP contribution is 2.36. The Morgan fingerprint density at radius 1 is 1.32 bits per heavy atom. The van der Waals surface area contributed by atoms with Crippen molar-refractivity contribution in [2.75, 3.05) is 36.5 Å². The van der Waals surface area contributed by atoms with Crippen molar-refractivity contribution in [2.45, 2.75) is 6.10 Å². The van der Waals surface area contributed by atoms with Gasteiger partial charge < -0.3 is 19.7 Å². The first-order valence-corrected chi connectivity index (χ1v) is 9.67. The van der Waals surface area contributed by atoms with Gasteiger partial charge in [0.15, 0.2) is 6.61 Å². The van der Waals surface area contributed by atoms with Crippen LogP contribution in [0.4, 0.5) is 16.2 Å². The van der Waals surface area contributed by atoms with Crippen LogP contribution >= 0.6 is 22.9 Å². The van der Waals surface area contributed by atoms with Crippen molar-refractivity contribution >= 4 is 52.2 Å². The lowest BCUT2D eigenvalue weighted by molar-refractivity contribution is -0.120. The Bertz CT molecular complexity index is 962. The summed E-state index contributed by atoms with van der Waals surface area (Å²) in [4.78, 5) is 39.5. The average molecular weight is 422 g/mol. The van der Waals surface area contributed by atoms with Crippen LogP contribution in [0.25, 0.3) is 0 Å². The van der Waals surface area contributed by atoms with Gasteiger partial charge in [-0.2, -0.15) is 0 Å². The van der Waals surface area contributed by atoms with Gasteiger partial charge in [-0.05, 0) is 24.3 Å². The Hall–Kier alpha value is -2.78. The maximum absolute atomic E-state index is 12.3. The molecule has 3 amide bonds. The summed E-state index contributed by atoms with van der Waals surface area (Å²) in [6.07, 6.45) is -0.980. The van der Waals surface area contributed by atoms with E-state index < -0.39 is 12.2 Å². The number of carbonyl (C=O) groups is 3. The van der Waals surface area contributed by atoms with Crippen molar-refractivity contribution in [3.05, 3.63) is 39.5 Å². The zero-order valence-electron chi connectivity index (χ0n) is 14.8. The predicted molar refractivity (Wildman–Crippen MR) is 105 cm³/mol. The lowest BCUT2D eigenvalue weighted by Crippen LogP contribution is -2.36. The van der Waals surface area contributed by atoms with Gasteiger partial charge in [0.05, 0.1) is 33.7 Å². The van der Waals surface area contributed by atoms with E-state index >= 15 is 0 Å². The minimum absolute atomic E-state index is 0.0429. The van der Waals surface area contributed by atoms with E-state index in [0.717, 1.165) is 0 Å². The number of benzene rings is 1. The molecule has 10 heteroatoms. The van der Waals surface area contributed by atoms with Gasteiger partial charge in [0.25, 0.3) is 11.8 Å². The van der Waals surface area contributed by atoms with E-state index in [-0.39, 0.29) is 31.5 Å². The number of amides is 3. The highest BCUT2D eigenvalue weighted by atomic mass is 35.5. The molecular formula is C18H16ClN3O5S. The molecule has 0 bridgehead atoms. The molecule has 1 aromatic heterocycles. The number of nitrogens with one attached hydrogen (secondary N) is 1. The summed E-state index contributed by atoms with van der Waals surface area (Å²) in [7, 11) is 1.67. The van der Waals surface area contributed by atoms with E-state index in [4.69, 9.17) is 21.1 Å². The van der Waals surface area contributed by atoms with Gasteiger partial charge in [0, 0.05) is 13.1 Å². The normalized spacial score (nSPS) is 18.6. The Kier molecular flexibility index (Phi) is 4.86. The molecule has 1 fully saturated rings. The van der Waals surface area contributed by atoms with E-state index in [2.05, 4.69) is 5.32 Å². The van der Waals surface area contributed by atoms with Gasteiger partial charge in [-0.1, -0.05) is 11.6 Å². The number of ether oxygens (including phenoxy) is 2. The van der Waals surface area contributed by atoms with Crippen molar-refractivity contribution in [2.24, 2.45) is 0 Å². The molecule has 0 radical (unpaired) electrons. The number of thiophene rings is 1. The molecule has 1 saturated heterocycles. The SMILES string of the molecule is CN1C(=O)COc2cc(N3C[C@H](CNC(=O)c4ccc(Cl)s4)OC3=O)ccc21. The number of hydrogen-bond donors (Lipinski definition) is 1. The van der Waals surface area contributed by atoms with Crippen LogP contribution in [0.3, 0.4) is 0 Å². The Morgan fingerprint density at radius 3 is 2.89 bits per heavy atom. The number of cyclic esters (lactones) is 1. The van der Waals surface area contributed by atoms with E-state index in [1.54, 1.807) is 37.4 Å². The molecular weight excluding hydrogens is 406 g/mol. The minimum Gasteiger partial charge on any atom is -0.481 e. The van der Waals surface area contributed by atoms with Crippen molar-refractivity contribution in [3.63, 3.8) is 0 Å². The van der Waals surface area contributed by atoms with E-state index in [9.17, 15) is 14.4 Å². The lowest BCUT2D eigenvalue weighted by atomic mass is 10.2. The number of carbonyl (C=O) groups excluding carboxylic acids is 3. The molecule has 3 heterocycles. The summed E-state index contributed by atoms with van der Waals surface area (Å²) in [5, 5.41) is 2.75. The number of fused-ring (bicyclic) bond motifs is 1. The molecule has 4 rings (SSSR count). The number of nitrogens with zero attached hydrogens (tertiary/aromatic N) is 2. The van der Waals surface area contributed by atoms with E-state index in [1.165, 1.54) is 21.1 Å². The van der Waals surface area contributed by atoms with E-state index in [1.807, 2.05) is 0 Å². The van der Waals surface area contributed by atoms with Crippen LogP contribution in [0.1, 0.15) is 9.67 Å². The van der Waals surface area contributed by atoms with E-state index in [0.29, 0.717) is 26.3 Å². The number of rotatable bonds is 4. The standard InChI is InChI=1S/C18H16ClN3O5S/c1-21-12-3-2-10(6-13(12)26-9-16(21)23)22-8-11(27-18(22)25)7-20-17(24)14-4-5-15(19)28-14/h2-6,11H,7-9H2,1H3,(H,20,24)/t11-/m0/s1. The molecule has 146 valence electrons. The second kappa shape index (κ2) is 7.33. The molecule has 1 aromatic carbocycles.